The van der Waals surface area contributed by atoms with E-state index in [-0.39, 0.29) is 0 Å². The summed E-state index contributed by atoms with van der Waals surface area (Å²) in [7, 11) is 0. The lowest BCUT2D eigenvalue weighted by Crippen LogP contribution is -2.15. The Morgan fingerprint density at radius 2 is 2.17 bits per heavy atom. The van der Waals surface area contributed by atoms with Gasteiger partial charge in [-0.2, -0.15) is 0 Å². The van der Waals surface area contributed by atoms with Crippen molar-refractivity contribution >= 4 is 11.6 Å². The highest BCUT2D eigenvalue weighted by atomic mass is 35.5. The third kappa shape index (κ3) is 3.40. The highest BCUT2D eigenvalue weighted by Gasteiger charge is 2.15. The molecule has 0 saturated heterocycles. The lowest BCUT2D eigenvalue weighted by atomic mass is 10.2. The fourth-order valence-electron chi connectivity index (χ4n) is 1.81. The number of nitrogens with one attached hydrogen (secondary N) is 1. The maximum absolute atomic E-state index is 6.21. The molecule has 0 aromatic heterocycles. The number of hydrogen-bond donors (Lipinski definition) is 1. The molecule has 1 aromatic rings. The molecule has 98 valence electrons. The standard InChI is InChI=1S/C14H18ClNO2/c1-10(2)8-16-9-11-6-12(15)14-13(7-11)17-4-3-5-18-14/h6-7,16H,1,3-5,8-9H2,2H3. The van der Waals surface area contributed by atoms with E-state index in [9.17, 15) is 0 Å². The van der Waals surface area contributed by atoms with Gasteiger partial charge in [0.2, 0.25) is 0 Å². The fourth-order valence-corrected chi connectivity index (χ4v) is 2.09. The van der Waals surface area contributed by atoms with Crippen molar-refractivity contribution in [1.82, 2.24) is 5.32 Å². The molecule has 0 spiro atoms. The summed E-state index contributed by atoms with van der Waals surface area (Å²) >= 11 is 6.21. The van der Waals surface area contributed by atoms with E-state index < -0.39 is 0 Å². The molecule has 2 rings (SSSR count). The maximum Gasteiger partial charge on any atom is 0.179 e. The molecule has 0 amide bonds. The first-order valence-electron chi connectivity index (χ1n) is 6.10. The van der Waals surface area contributed by atoms with Gasteiger partial charge in [0.05, 0.1) is 18.2 Å². The van der Waals surface area contributed by atoms with Crippen LogP contribution in [-0.2, 0) is 6.54 Å². The highest BCUT2D eigenvalue weighted by Crippen LogP contribution is 2.37. The molecular formula is C14H18ClNO2. The van der Waals surface area contributed by atoms with Crippen LogP contribution in [-0.4, -0.2) is 19.8 Å². The van der Waals surface area contributed by atoms with Crippen LogP contribution in [0.1, 0.15) is 18.9 Å². The van der Waals surface area contributed by atoms with Gasteiger partial charge in [0.25, 0.3) is 0 Å². The molecule has 0 unspecified atom stereocenters. The molecule has 1 heterocycles. The molecular weight excluding hydrogens is 250 g/mol. The molecule has 3 nitrogen and oxygen atoms in total. The first kappa shape index (κ1) is 13.2. The largest absolute Gasteiger partial charge is 0.489 e. The molecule has 4 heteroatoms. The highest BCUT2D eigenvalue weighted by molar-refractivity contribution is 6.32. The zero-order chi connectivity index (χ0) is 13.0. The predicted molar refractivity (Wildman–Crippen MR) is 73.6 cm³/mol. The number of rotatable bonds is 4. The smallest absolute Gasteiger partial charge is 0.179 e. The average Bonchev–Trinajstić information content (AvgIpc) is 2.54. The van der Waals surface area contributed by atoms with E-state index >= 15 is 0 Å². The van der Waals surface area contributed by atoms with E-state index in [1.807, 2.05) is 19.1 Å². The van der Waals surface area contributed by atoms with Crippen LogP contribution in [0.5, 0.6) is 11.5 Å². The average molecular weight is 268 g/mol. The second kappa shape index (κ2) is 6.12. The van der Waals surface area contributed by atoms with Crippen molar-refractivity contribution in [3.63, 3.8) is 0 Å². The number of benzene rings is 1. The van der Waals surface area contributed by atoms with Crippen LogP contribution in [0.3, 0.4) is 0 Å². The van der Waals surface area contributed by atoms with E-state index in [0.29, 0.717) is 24.0 Å². The van der Waals surface area contributed by atoms with Crippen molar-refractivity contribution in [2.24, 2.45) is 0 Å². The van der Waals surface area contributed by atoms with Crippen LogP contribution in [0.15, 0.2) is 24.3 Å². The Morgan fingerprint density at radius 1 is 1.39 bits per heavy atom. The minimum absolute atomic E-state index is 0.613. The Morgan fingerprint density at radius 3 is 2.94 bits per heavy atom. The van der Waals surface area contributed by atoms with Crippen molar-refractivity contribution < 1.29 is 9.47 Å². The Kier molecular flexibility index (Phi) is 4.50. The Balaban J connectivity index is 2.10. The Bertz CT molecular complexity index is 446. The Labute approximate surface area is 113 Å². The molecule has 1 aliphatic rings. The van der Waals surface area contributed by atoms with Crippen LogP contribution in [0.25, 0.3) is 0 Å². The van der Waals surface area contributed by atoms with E-state index in [4.69, 9.17) is 21.1 Å². The van der Waals surface area contributed by atoms with Crippen LogP contribution >= 0.6 is 11.6 Å². The van der Waals surface area contributed by atoms with E-state index in [2.05, 4.69) is 11.9 Å². The maximum atomic E-state index is 6.21. The lowest BCUT2D eigenvalue weighted by molar-refractivity contribution is 0.297. The third-order valence-electron chi connectivity index (χ3n) is 2.62. The van der Waals surface area contributed by atoms with Crippen LogP contribution in [0, 0.1) is 0 Å². The van der Waals surface area contributed by atoms with E-state index in [1.54, 1.807) is 0 Å². The normalized spacial score (nSPS) is 14.1. The SMILES string of the molecule is C=C(C)CNCc1cc(Cl)c2c(c1)OCCCO2. The molecule has 1 N–H and O–H groups in total. The van der Waals surface area contributed by atoms with E-state index in [0.717, 1.165) is 36.4 Å². The van der Waals surface area contributed by atoms with Crippen molar-refractivity contribution in [3.8, 4) is 11.5 Å². The second-order valence-electron chi connectivity index (χ2n) is 4.52. The van der Waals surface area contributed by atoms with Crippen molar-refractivity contribution in [2.45, 2.75) is 19.9 Å². The van der Waals surface area contributed by atoms with Crippen molar-refractivity contribution in [1.29, 1.82) is 0 Å². The summed E-state index contributed by atoms with van der Waals surface area (Å²) < 4.78 is 11.2. The monoisotopic (exact) mass is 267 g/mol. The van der Waals surface area contributed by atoms with Crippen molar-refractivity contribution in [2.75, 3.05) is 19.8 Å². The van der Waals surface area contributed by atoms with E-state index in [1.165, 1.54) is 0 Å². The zero-order valence-corrected chi connectivity index (χ0v) is 11.3. The quantitative estimate of drug-likeness (QED) is 0.850. The molecule has 0 aliphatic carbocycles. The summed E-state index contributed by atoms with van der Waals surface area (Å²) in [6.07, 6.45) is 0.883. The topological polar surface area (TPSA) is 30.5 Å². The van der Waals surface area contributed by atoms with Crippen LogP contribution < -0.4 is 14.8 Å². The summed E-state index contributed by atoms with van der Waals surface area (Å²) in [5.74, 6) is 1.41. The minimum atomic E-state index is 0.613. The van der Waals surface area contributed by atoms with Gasteiger partial charge in [-0.1, -0.05) is 23.8 Å². The Hall–Kier alpha value is -1.19. The number of fused-ring (bicyclic) bond motifs is 1. The predicted octanol–water partition coefficient (Wildman–Crippen LogP) is 3.17. The van der Waals surface area contributed by atoms with Gasteiger partial charge in [0.15, 0.2) is 11.5 Å². The van der Waals surface area contributed by atoms with Crippen LogP contribution in [0.4, 0.5) is 0 Å². The van der Waals surface area contributed by atoms with Gasteiger partial charge in [-0.15, -0.1) is 0 Å². The van der Waals surface area contributed by atoms with Gasteiger partial charge >= 0.3 is 0 Å². The molecule has 1 aromatic carbocycles. The third-order valence-corrected chi connectivity index (χ3v) is 2.90. The summed E-state index contributed by atoms with van der Waals surface area (Å²) in [5, 5.41) is 3.91. The molecule has 0 saturated carbocycles. The summed E-state index contributed by atoms with van der Waals surface area (Å²) in [4.78, 5) is 0. The lowest BCUT2D eigenvalue weighted by Gasteiger charge is -2.12. The summed E-state index contributed by atoms with van der Waals surface area (Å²) in [5.41, 5.74) is 2.20. The summed E-state index contributed by atoms with van der Waals surface area (Å²) in [6, 6.07) is 3.90. The number of ether oxygens (including phenoxy) is 2. The van der Waals surface area contributed by atoms with Gasteiger partial charge in [-0.05, 0) is 24.6 Å². The van der Waals surface area contributed by atoms with Gasteiger partial charge < -0.3 is 14.8 Å². The zero-order valence-electron chi connectivity index (χ0n) is 10.6. The summed E-state index contributed by atoms with van der Waals surface area (Å²) in [6.45, 7) is 8.71. The van der Waals surface area contributed by atoms with Crippen molar-refractivity contribution in [3.05, 3.63) is 34.9 Å². The first-order valence-corrected chi connectivity index (χ1v) is 6.48. The number of hydrogen-bond acceptors (Lipinski definition) is 3. The second-order valence-corrected chi connectivity index (χ2v) is 4.92. The van der Waals surface area contributed by atoms with Gasteiger partial charge in [-0.3, -0.25) is 0 Å². The molecule has 0 bridgehead atoms. The molecule has 0 radical (unpaired) electrons. The van der Waals surface area contributed by atoms with Gasteiger partial charge in [0.1, 0.15) is 0 Å². The molecule has 0 fully saturated rings. The van der Waals surface area contributed by atoms with Crippen LogP contribution in [0.2, 0.25) is 5.02 Å². The molecule has 1 aliphatic heterocycles. The molecule has 18 heavy (non-hydrogen) atoms. The fraction of sp³-hybridized carbons (Fsp3) is 0.429. The van der Waals surface area contributed by atoms with Gasteiger partial charge in [0, 0.05) is 19.5 Å². The first-order chi connectivity index (χ1) is 8.66. The minimum Gasteiger partial charge on any atom is -0.489 e. The van der Waals surface area contributed by atoms with Gasteiger partial charge in [-0.25, -0.2) is 0 Å². The number of halogens is 1. The molecule has 0 atom stereocenters.